The van der Waals surface area contributed by atoms with Crippen LogP contribution in [0.15, 0.2) is 23.8 Å². The third-order valence-corrected chi connectivity index (χ3v) is 6.03. The second kappa shape index (κ2) is 6.69. The van der Waals surface area contributed by atoms with Crippen molar-refractivity contribution in [3.8, 4) is 0 Å². The highest BCUT2D eigenvalue weighted by Gasteiger charge is 2.30. The van der Waals surface area contributed by atoms with Crippen molar-refractivity contribution in [2.45, 2.75) is 44.8 Å². The molecule has 0 aromatic carbocycles. The Kier molecular flexibility index (Phi) is 4.41. The second-order valence-corrected chi connectivity index (χ2v) is 7.70. The average molecular weight is 345 g/mol. The molecule has 2 aliphatic heterocycles. The lowest BCUT2D eigenvalue weighted by Gasteiger charge is -2.34. The highest BCUT2D eigenvalue weighted by molar-refractivity contribution is 7.10. The molecule has 0 spiro atoms. The molecule has 6 heteroatoms. The van der Waals surface area contributed by atoms with Gasteiger partial charge in [-0.2, -0.15) is 5.10 Å². The van der Waals surface area contributed by atoms with Crippen molar-refractivity contribution in [2.24, 2.45) is 0 Å². The SMILES string of the molecule is Cc1cnn([C@@H]2CCCN(C(=O)C[C@@H]3OCCc4ccsc43)C2)c1. The number of hydrogen-bond donors (Lipinski definition) is 0. The quantitative estimate of drug-likeness (QED) is 0.859. The molecule has 0 N–H and O–H groups in total. The van der Waals surface area contributed by atoms with E-state index in [1.54, 1.807) is 11.3 Å². The number of hydrogen-bond acceptors (Lipinski definition) is 4. The van der Waals surface area contributed by atoms with Crippen LogP contribution < -0.4 is 0 Å². The molecule has 0 saturated carbocycles. The summed E-state index contributed by atoms with van der Waals surface area (Å²) in [5.41, 5.74) is 2.52. The lowest BCUT2D eigenvalue weighted by atomic mass is 10.0. The lowest BCUT2D eigenvalue weighted by molar-refractivity contribution is -0.136. The Labute approximate surface area is 146 Å². The minimum atomic E-state index is -0.0615. The van der Waals surface area contributed by atoms with Gasteiger partial charge in [0, 0.05) is 24.2 Å². The number of nitrogens with zero attached hydrogens (tertiary/aromatic N) is 3. The largest absolute Gasteiger partial charge is 0.372 e. The standard InChI is InChI=1S/C18H23N3O2S/c1-13-10-19-21(11-13)15-3-2-6-20(12-15)17(22)9-16-18-14(4-7-23-16)5-8-24-18/h5,8,10-11,15-16H,2-4,6-7,9,12H2,1H3/t15-,16+/m1/s1. The van der Waals surface area contributed by atoms with Crippen LogP contribution in [0.25, 0.3) is 0 Å². The van der Waals surface area contributed by atoms with Crippen LogP contribution in [-0.2, 0) is 16.0 Å². The Hall–Kier alpha value is -1.66. The van der Waals surface area contributed by atoms with Crippen molar-refractivity contribution >= 4 is 17.2 Å². The number of ether oxygens (including phenoxy) is 1. The van der Waals surface area contributed by atoms with Crippen LogP contribution in [0.2, 0.25) is 0 Å². The number of amides is 1. The molecule has 0 aliphatic carbocycles. The fraction of sp³-hybridized carbons (Fsp3) is 0.556. The van der Waals surface area contributed by atoms with Gasteiger partial charge in [0.25, 0.3) is 0 Å². The average Bonchev–Trinajstić information content (AvgIpc) is 3.24. The van der Waals surface area contributed by atoms with Crippen molar-refractivity contribution in [1.29, 1.82) is 0 Å². The third kappa shape index (κ3) is 3.13. The van der Waals surface area contributed by atoms with E-state index in [4.69, 9.17) is 4.74 Å². The van der Waals surface area contributed by atoms with Crippen molar-refractivity contribution in [3.05, 3.63) is 39.8 Å². The zero-order valence-electron chi connectivity index (χ0n) is 14.0. The second-order valence-electron chi connectivity index (χ2n) is 6.76. The van der Waals surface area contributed by atoms with Gasteiger partial charge in [-0.05, 0) is 48.8 Å². The number of rotatable bonds is 3. The third-order valence-electron chi connectivity index (χ3n) is 4.98. The fourth-order valence-electron chi connectivity index (χ4n) is 3.69. The molecule has 4 rings (SSSR count). The lowest BCUT2D eigenvalue weighted by Crippen LogP contribution is -2.41. The minimum Gasteiger partial charge on any atom is -0.372 e. The van der Waals surface area contributed by atoms with Crippen LogP contribution in [0, 0.1) is 6.92 Å². The minimum absolute atomic E-state index is 0.0615. The molecule has 2 aromatic rings. The first-order chi connectivity index (χ1) is 11.7. The van der Waals surface area contributed by atoms with Crippen LogP contribution >= 0.6 is 11.3 Å². The molecular weight excluding hydrogens is 322 g/mol. The van der Waals surface area contributed by atoms with E-state index in [1.165, 1.54) is 16.0 Å². The number of carbonyl (C=O) groups is 1. The number of aryl methyl sites for hydroxylation is 1. The molecular formula is C18H23N3O2S. The van der Waals surface area contributed by atoms with Gasteiger partial charge in [-0.25, -0.2) is 0 Å². The van der Waals surface area contributed by atoms with E-state index < -0.39 is 0 Å². The Morgan fingerprint density at radius 2 is 2.42 bits per heavy atom. The van der Waals surface area contributed by atoms with Gasteiger partial charge in [0.05, 0.1) is 25.3 Å². The van der Waals surface area contributed by atoms with Gasteiger partial charge in [-0.15, -0.1) is 11.3 Å². The number of aromatic nitrogens is 2. The van der Waals surface area contributed by atoms with Crippen LogP contribution in [0.1, 0.15) is 47.4 Å². The monoisotopic (exact) mass is 345 g/mol. The van der Waals surface area contributed by atoms with Crippen molar-refractivity contribution in [1.82, 2.24) is 14.7 Å². The molecule has 24 heavy (non-hydrogen) atoms. The molecule has 5 nitrogen and oxygen atoms in total. The van der Waals surface area contributed by atoms with E-state index in [-0.39, 0.29) is 12.0 Å². The molecule has 0 bridgehead atoms. The predicted octanol–water partition coefficient (Wildman–Crippen LogP) is 3.12. The summed E-state index contributed by atoms with van der Waals surface area (Å²) in [5, 5.41) is 6.53. The van der Waals surface area contributed by atoms with Gasteiger partial charge >= 0.3 is 0 Å². The topological polar surface area (TPSA) is 47.4 Å². The number of carbonyl (C=O) groups excluding carboxylic acids is 1. The van der Waals surface area contributed by atoms with Gasteiger partial charge in [0.1, 0.15) is 6.10 Å². The van der Waals surface area contributed by atoms with E-state index in [0.717, 1.165) is 39.0 Å². The first-order valence-electron chi connectivity index (χ1n) is 8.67. The zero-order valence-corrected chi connectivity index (χ0v) is 14.8. The smallest absolute Gasteiger partial charge is 0.225 e. The van der Waals surface area contributed by atoms with Gasteiger partial charge < -0.3 is 9.64 Å². The van der Waals surface area contributed by atoms with Gasteiger partial charge in [-0.3, -0.25) is 9.48 Å². The summed E-state index contributed by atoms with van der Waals surface area (Å²) >= 11 is 1.71. The molecule has 2 aliphatic rings. The van der Waals surface area contributed by atoms with E-state index in [0.29, 0.717) is 12.5 Å². The van der Waals surface area contributed by atoms with E-state index in [1.807, 2.05) is 22.7 Å². The Balaban J connectivity index is 1.42. The van der Waals surface area contributed by atoms with Crippen molar-refractivity contribution < 1.29 is 9.53 Å². The van der Waals surface area contributed by atoms with E-state index in [9.17, 15) is 4.79 Å². The number of fused-ring (bicyclic) bond motifs is 1. The van der Waals surface area contributed by atoms with E-state index in [2.05, 4.69) is 22.7 Å². The van der Waals surface area contributed by atoms with Crippen LogP contribution in [0.5, 0.6) is 0 Å². The zero-order chi connectivity index (χ0) is 16.5. The molecule has 1 amide bonds. The maximum Gasteiger partial charge on any atom is 0.225 e. The van der Waals surface area contributed by atoms with Gasteiger partial charge in [-0.1, -0.05) is 0 Å². The number of likely N-dealkylation sites (tertiary alicyclic amines) is 1. The summed E-state index contributed by atoms with van der Waals surface area (Å²) in [7, 11) is 0. The van der Waals surface area contributed by atoms with Crippen LogP contribution in [0.4, 0.5) is 0 Å². The Bertz CT molecular complexity index is 723. The number of thiophene rings is 1. The van der Waals surface area contributed by atoms with Crippen molar-refractivity contribution in [2.75, 3.05) is 19.7 Å². The maximum atomic E-state index is 12.8. The predicted molar refractivity (Wildman–Crippen MR) is 93.1 cm³/mol. The summed E-state index contributed by atoms with van der Waals surface area (Å²) in [4.78, 5) is 16.0. The molecule has 128 valence electrons. The molecule has 4 heterocycles. The molecule has 2 aromatic heterocycles. The Morgan fingerprint density at radius 1 is 1.50 bits per heavy atom. The van der Waals surface area contributed by atoms with Crippen LogP contribution in [-0.4, -0.2) is 40.3 Å². The number of piperidine rings is 1. The highest BCUT2D eigenvalue weighted by Crippen LogP contribution is 2.34. The molecule has 1 fully saturated rings. The Morgan fingerprint density at radius 3 is 3.25 bits per heavy atom. The normalized spacial score (nSPS) is 24.0. The summed E-state index contributed by atoms with van der Waals surface area (Å²) < 4.78 is 7.90. The summed E-state index contributed by atoms with van der Waals surface area (Å²) in [6, 6.07) is 2.46. The molecule has 1 saturated heterocycles. The van der Waals surface area contributed by atoms with Crippen molar-refractivity contribution in [3.63, 3.8) is 0 Å². The summed E-state index contributed by atoms with van der Waals surface area (Å²) in [6.07, 6.45) is 7.43. The maximum absolute atomic E-state index is 12.8. The van der Waals surface area contributed by atoms with Crippen LogP contribution in [0.3, 0.4) is 0 Å². The summed E-state index contributed by atoms with van der Waals surface area (Å²) in [6.45, 7) is 4.37. The molecule has 0 radical (unpaired) electrons. The van der Waals surface area contributed by atoms with Gasteiger partial charge in [0.15, 0.2) is 0 Å². The molecule has 0 unspecified atom stereocenters. The van der Waals surface area contributed by atoms with E-state index >= 15 is 0 Å². The molecule has 2 atom stereocenters. The highest BCUT2D eigenvalue weighted by atomic mass is 32.1. The fourth-order valence-corrected chi connectivity index (χ4v) is 4.70. The first kappa shape index (κ1) is 15.8. The summed E-state index contributed by atoms with van der Waals surface area (Å²) in [5.74, 6) is 0.204. The van der Waals surface area contributed by atoms with Gasteiger partial charge in [0.2, 0.25) is 5.91 Å². The first-order valence-corrected chi connectivity index (χ1v) is 9.55.